The number of aliphatic hydroxyl groups is 1. The lowest BCUT2D eigenvalue weighted by atomic mass is 9.90. The number of carbonyl (C=O) groups is 1. The molecule has 1 N–H and O–H groups in total. The molecule has 31 heavy (non-hydrogen) atoms. The average Bonchev–Trinajstić information content (AvgIpc) is 2.82. The van der Waals surface area contributed by atoms with E-state index in [4.69, 9.17) is 0 Å². The molecule has 150 valence electrons. The number of β-lactam (4-membered cyclic amide) rings is 1. The van der Waals surface area contributed by atoms with Crippen LogP contribution in [0.25, 0.3) is 32.3 Å². The Morgan fingerprint density at radius 3 is 2.29 bits per heavy atom. The number of aliphatic hydroxyl groups excluding tert-OH is 1. The first kappa shape index (κ1) is 18.0. The van der Waals surface area contributed by atoms with Crippen LogP contribution in [0.3, 0.4) is 0 Å². The van der Waals surface area contributed by atoms with Crippen molar-refractivity contribution in [2.45, 2.75) is 12.1 Å². The summed E-state index contributed by atoms with van der Waals surface area (Å²) in [4.78, 5) is 18.5. The van der Waals surface area contributed by atoms with Crippen molar-refractivity contribution in [2.75, 3.05) is 4.90 Å². The quantitative estimate of drug-likeness (QED) is 0.325. The van der Waals surface area contributed by atoms with Crippen molar-refractivity contribution in [3.05, 3.63) is 96.6 Å². The Bertz CT molecular complexity index is 1500. The molecule has 0 spiro atoms. The fourth-order valence-electron chi connectivity index (χ4n) is 4.64. The van der Waals surface area contributed by atoms with Crippen LogP contribution < -0.4 is 4.90 Å². The summed E-state index contributed by atoms with van der Waals surface area (Å²) in [6.45, 7) is 0. The second kappa shape index (κ2) is 6.59. The molecule has 0 bridgehead atoms. The third-order valence-corrected chi connectivity index (χ3v) is 6.13. The number of benzene rings is 4. The van der Waals surface area contributed by atoms with Crippen LogP contribution in [-0.2, 0) is 4.79 Å². The maximum absolute atomic E-state index is 13.4. The Balaban J connectivity index is 1.64. The SMILES string of the molecule is O=C1[C@H](O)[C@@H](c2ccc(F)cn2)N1c1cc2c3ccccc3ccc2c2ccccc12. The van der Waals surface area contributed by atoms with Crippen molar-refractivity contribution >= 4 is 43.9 Å². The molecule has 0 aliphatic carbocycles. The van der Waals surface area contributed by atoms with Crippen LogP contribution in [0, 0.1) is 5.82 Å². The summed E-state index contributed by atoms with van der Waals surface area (Å²) in [6.07, 6.45) is -0.102. The maximum Gasteiger partial charge on any atom is 0.259 e. The third-order valence-electron chi connectivity index (χ3n) is 6.13. The lowest BCUT2D eigenvalue weighted by molar-refractivity contribution is -0.137. The minimum absolute atomic E-state index is 0.388. The number of fused-ring (bicyclic) bond motifs is 5. The highest BCUT2D eigenvalue weighted by molar-refractivity contribution is 6.23. The summed E-state index contributed by atoms with van der Waals surface area (Å²) in [5.41, 5.74) is 1.17. The van der Waals surface area contributed by atoms with E-state index >= 15 is 0 Å². The van der Waals surface area contributed by atoms with Gasteiger partial charge in [-0.1, -0.05) is 60.7 Å². The number of rotatable bonds is 2. The molecule has 1 aromatic heterocycles. The molecule has 2 atom stereocenters. The number of halogens is 1. The van der Waals surface area contributed by atoms with E-state index in [0.29, 0.717) is 11.4 Å². The molecule has 5 heteroatoms. The van der Waals surface area contributed by atoms with E-state index in [0.717, 1.165) is 38.5 Å². The van der Waals surface area contributed by atoms with E-state index in [1.54, 1.807) is 4.90 Å². The molecule has 0 unspecified atom stereocenters. The number of aromatic nitrogens is 1. The van der Waals surface area contributed by atoms with E-state index in [-0.39, 0.29) is 5.91 Å². The summed E-state index contributed by atoms with van der Waals surface area (Å²) in [5.74, 6) is -0.848. The van der Waals surface area contributed by atoms with Crippen LogP contribution in [0.5, 0.6) is 0 Å². The molecular formula is C26H17FN2O2. The molecule has 4 aromatic carbocycles. The summed E-state index contributed by atoms with van der Waals surface area (Å²) in [5, 5.41) is 16.7. The van der Waals surface area contributed by atoms with Crippen LogP contribution in [0.15, 0.2) is 85.1 Å². The summed E-state index contributed by atoms with van der Waals surface area (Å²) >= 11 is 0. The Labute approximate surface area is 177 Å². The molecule has 6 rings (SSSR count). The monoisotopic (exact) mass is 408 g/mol. The van der Waals surface area contributed by atoms with Gasteiger partial charge in [0, 0.05) is 5.39 Å². The minimum atomic E-state index is -1.21. The molecule has 1 aliphatic heterocycles. The van der Waals surface area contributed by atoms with Gasteiger partial charge in [-0.3, -0.25) is 14.7 Å². The Kier molecular flexibility index (Phi) is 3.82. The van der Waals surface area contributed by atoms with Crippen LogP contribution >= 0.6 is 0 Å². The van der Waals surface area contributed by atoms with E-state index < -0.39 is 18.0 Å². The number of carbonyl (C=O) groups excluding carboxylic acids is 1. The standard InChI is InChI=1S/C26H17FN2O2/c27-16-10-12-22(28-14-16)24-25(30)26(31)29(24)23-13-21-17-6-2-1-5-15(17)9-11-19(21)18-7-3-4-8-20(18)23/h1-14,24-25,30H/t24-,25-/m1/s1. The fraction of sp³-hybridized carbons (Fsp3) is 0.0769. The van der Waals surface area contributed by atoms with E-state index in [1.165, 1.54) is 12.1 Å². The van der Waals surface area contributed by atoms with Gasteiger partial charge in [-0.05, 0) is 45.1 Å². The van der Waals surface area contributed by atoms with Gasteiger partial charge in [0.1, 0.15) is 11.9 Å². The van der Waals surface area contributed by atoms with Gasteiger partial charge in [0.05, 0.1) is 17.6 Å². The molecule has 1 saturated heterocycles. The van der Waals surface area contributed by atoms with Crippen LogP contribution in [0.2, 0.25) is 0 Å². The average molecular weight is 408 g/mol. The highest BCUT2D eigenvalue weighted by Gasteiger charge is 2.49. The number of hydrogen-bond acceptors (Lipinski definition) is 3. The van der Waals surface area contributed by atoms with E-state index in [2.05, 4.69) is 29.2 Å². The lowest BCUT2D eigenvalue weighted by Gasteiger charge is -2.44. The largest absolute Gasteiger partial charge is 0.381 e. The maximum atomic E-state index is 13.4. The van der Waals surface area contributed by atoms with E-state index in [9.17, 15) is 14.3 Å². The molecule has 4 nitrogen and oxygen atoms in total. The summed E-state index contributed by atoms with van der Waals surface area (Å²) < 4.78 is 13.4. The second-order valence-corrected chi connectivity index (χ2v) is 7.82. The van der Waals surface area contributed by atoms with Crippen molar-refractivity contribution in [1.82, 2.24) is 4.98 Å². The number of nitrogens with zero attached hydrogens (tertiary/aromatic N) is 2. The molecule has 5 aromatic rings. The first-order chi connectivity index (χ1) is 15.1. The van der Waals surface area contributed by atoms with Crippen molar-refractivity contribution in [2.24, 2.45) is 0 Å². The minimum Gasteiger partial charge on any atom is -0.381 e. The van der Waals surface area contributed by atoms with Crippen LogP contribution in [0.1, 0.15) is 11.7 Å². The highest BCUT2D eigenvalue weighted by atomic mass is 19.1. The number of amides is 1. The second-order valence-electron chi connectivity index (χ2n) is 7.82. The van der Waals surface area contributed by atoms with Gasteiger partial charge in [-0.2, -0.15) is 0 Å². The van der Waals surface area contributed by atoms with Crippen molar-refractivity contribution in [1.29, 1.82) is 0 Å². The number of hydrogen-bond donors (Lipinski definition) is 1. The Hall–Kier alpha value is -3.83. The first-order valence-electron chi connectivity index (χ1n) is 10.1. The van der Waals surface area contributed by atoms with Crippen molar-refractivity contribution < 1.29 is 14.3 Å². The fourth-order valence-corrected chi connectivity index (χ4v) is 4.64. The van der Waals surface area contributed by atoms with Gasteiger partial charge in [0.2, 0.25) is 0 Å². The summed E-state index contributed by atoms with van der Waals surface area (Å²) in [6, 6.07) is 24.4. The normalized spacial score (nSPS) is 18.6. The zero-order valence-corrected chi connectivity index (χ0v) is 16.4. The predicted octanol–water partition coefficient (Wildman–Crippen LogP) is 5.13. The van der Waals surface area contributed by atoms with Crippen molar-refractivity contribution in [3.8, 4) is 0 Å². The third kappa shape index (κ3) is 2.57. The van der Waals surface area contributed by atoms with Gasteiger partial charge in [0.25, 0.3) is 5.91 Å². The first-order valence-corrected chi connectivity index (χ1v) is 10.1. The smallest absolute Gasteiger partial charge is 0.259 e. The van der Waals surface area contributed by atoms with Crippen LogP contribution in [0.4, 0.5) is 10.1 Å². The van der Waals surface area contributed by atoms with Crippen molar-refractivity contribution in [3.63, 3.8) is 0 Å². The molecule has 1 fully saturated rings. The molecule has 1 aliphatic rings. The highest BCUT2D eigenvalue weighted by Crippen LogP contribution is 2.44. The van der Waals surface area contributed by atoms with Crippen LogP contribution in [-0.4, -0.2) is 22.1 Å². The van der Waals surface area contributed by atoms with Gasteiger partial charge in [-0.15, -0.1) is 0 Å². The summed E-state index contributed by atoms with van der Waals surface area (Å²) in [7, 11) is 0. The molecule has 0 saturated carbocycles. The zero-order valence-electron chi connectivity index (χ0n) is 16.4. The van der Waals surface area contributed by atoms with Gasteiger partial charge >= 0.3 is 0 Å². The number of anilines is 1. The topological polar surface area (TPSA) is 53.4 Å². The molecular weight excluding hydrogens is 391 g/mol. The molecule has 1 amide bonds. The predicted molar refractivity (Wildman–Crippen MR) is 119 cm³/mol. The lowest BCUT2D eigenvalue weighted by Crippen LogP contribution is -2.59. The Morgan fingerprint density at radius 1 is 0.806 bits per heavy atom. The molecule has 0 radical (unpaired) electrons. The van der Waals surface area contributed by atoms with Gasteiger partial charge in [-0.25, -0.2) is 4.39 Å². The molecule has 2 heterocycles. The number of pyridine rings is 1. The zero-order chi connectivity index (χ0) is 21.1. The van der Waals surface area contributed by atoms with E-state index in [1.807, 2.05) is 42.5 Å². The van der Waals surface area contributed by atoms with Gasteiger partial charge in [0.15, 0.2) is 6.10 Å². The Morgan fingerprint density at radius 2 is 1.52 bits per heavy atom. The van der Waals surface area contributed by atoms with Gasteiger partial charge < -0.3 is 5.11 Å².